The van der Waals surface area contributed by atoms with E-state index < -0.39 is 0 Å². The summed E-state index contributed by atoms with van der Waals surface area (Å²) >= 11 is 6.00. The molecule has 1 saturated heterocycles. The summed E-state index contributed by atoms with van der Waals surface area (Å²) in [5, 5.41) is 0.514. The molecule has 6 heteroatoms. The number of likely N-dealkylation sites (tertiary alicyclic amines) is 1. The average molecular weight is 285 g/mol. The normalized spacial score (nSPS) is 16.4. The van der Waals surface area contributed by atoms with Gasteiger partial charge in [0.05, 0.1) is 0 Å². The van der Waals surface area contributed by atoms with Gasteiger partial charge in [0.1, 0.15) is 23.5 Å². The molecule has 0 saturated carbocycles. The number of rotatable bonds is 4. The molecule has 2 rings (SSSR count). The van der Waals surface area contributed by atoms with Crippen LogP contribution in [-0.4, -0.2) is 48.7 Å². The van der Waals surface area contributed by atoms with E-state index >= 15 is 0 Å². The molecule has 1 aromatic rings. The minimum absolute atomic E-state index is 0.0305. The maximum atomic E-state index is 11.6. The van der Waals surface area contributed by atoms with Crippen molar-refractivity contribution in [1.29, 1.82) is 0 Å². The lowest BCUT2D eigenvalue weighted by molar-refractivity contribution is -0.136. The third-order valence-corrected chi connectivity index (χ3v) is 3.38. The van der Waals surface area contributed by atoms with E-state index in [0.717, 1.165) is 12.8 Å². The predicted octanol–water partition coefficient (Wildman–Crippen LogP) is 1.75. The van der Waals surface area contributed by atoms with Crippen molar-refractivity contribution in [3.8, 4) is 5.75 Å². The number of amides is 1. The number of hydrogen-bond acceptors (Lipinski definition) is 4. The van der Waals surface area contributed by atoms with Crippen LogP contribution in [-0.2, 0) is 9.53 Å². The molecule has 0 aliphatic carbocycles. The van der Waals surface area contributed by atoms with Gasteiger partial charge in [-0.05, 0) is 0 Å². The minimum atomic E-state index is 0.0305. The number of carbonyl (C=O) groups is 1. The summed E-state index contributed by atoms with van der Waals surface area (Å²) < 4.78 is 10.7. The van der Waals surface area contributed by atoms with Crippen LogP contribution in [0.5, 0.6) is 5.75 Å². The van der Waals surface area contributed by atoms with Crippen LogP contribution in [0.3, 0.4) is 0 Å². The molecular formula is C13H17ClN2O3. The molecule has 1 aliphatic rings. The quantitative estimate of drug-likeness (QED) is 0.845. The molecule has 0 atom stereocenters. The van der Waals surface area contributed by atoms with Crippen LogP contribution in [0, 0.1) is 0 Å². The Hall–Kier alpha value is -1.33. The maximum Gasteiger partial charge on any atom is 0.248 e. The number of carbonyl (C=O) groups excluding carboxylic acids is 1. The van der Waals surface area contributed by atoms with E-state index in [4.69, 9.17) is 21.1 Å². The number of hydrogen-bond donors (Lipinski definition) is 0. The Morgan fingerprint density at radius 2 is 2.26 bits per heavy atom. The largest absolute Gasteiger partial charge is 0.489 e. The van der Waals surface area contributed by atoms with E-state index in [1.165, 1.54) is 7.11 Å². The molecule has 0 bridgehead atoms. The molecule has 0 spiro atoms. The van der Waals surface area contributed by atoms with Crippen molar-refractivity contribution in [1.82, 2.24) is 9.88 Å². The SMILES string of the molecule is COCC(=O)N1CCC(Oc2ccncc2Cl)CC1. The van der Waals surface area contributed by atoms with Crippen LogP contribution >= 0.6 is 11.6 Å². The zero-order valence-electron chi connectivity index (χ0n) is 10.8. The number of nitrogens with zero attached hydrogens (tertiary/aromatic N) is 2. The Labute approximate surface area is 117 Å². The second-order valence-corrected chi connectivity index (χ2v) is 4.84. The first-order valence-electron chi connectivity index (χ1n) is 6.23. The van der Waals surface area contributed by atoms with Gasteiger partial charge < -0.3 is 14.4 Å². The van der Waals surface area contributed by atoms with Gasteiger partial charge in [0, 0.05) is 51.5 Å². The van der Waals surface area contributed by atoms with Crippen LogP contribution in [0.2, 0.25) is 5.02 Å². The summed E-state index contributed by atoms with van der Waals surface area (Å²) in [6.45, 7) is 1.52. The fourth-order valence-electron chi connectivity index (χ4n) is 2.08. The number of piperidine rings is 1. The number of halogens is 1. The fourth-order valence-corrected chi connectivity index (χ4v) is 2.24. The van der Waals surface area contributed by atoms with Crippen molar-refractivity contribution < 1.29 is 14.3 Å². The lowest BCUT2D eigenvalue weighted by Crippen LogP contribution is -2.43. The van der Waals surface area contributed by atoms with Crippen molar-refractivity contribution in [2.45, 2.75) is 18.9 Å². The van der Waals surface area contributed by atoms with Crippen LogP contribution in [0.1, 0.15) is 12.8 Å². The first-order chi connectivity index (χ1) is 9.20. The van der Waals surface area contributed by atoms with E-state index in [1.807, 2.05) is 0 Å². The summed E-state index contributed by atoms with van der Waals surface area (Å²) in [5.74, 6) is 0.682. The van der Waals surface area contributed by atoms with Crippen LogP contribution < -0.4 is 4.74 Å². The molecule has 19 heavy (non-hydrogen) atoms. The standard InChI is InChI=1S/C13H17ClN2O3/c1-18-9-13(17)16-6-3-10(4-7-16)19-12-2-5-15-8-11(12)14/h2,5,8,10H,3-4,6-7,9H2,1H3. The Kier molecular flexibility index (Phi) is 4.99. The predicted molar refractivity (Wildman–Crippen MR) is 71.4 cm³/mol. The molecule has 1 aliphatic heterocycles. The van der Waals surface area contributed by atoms with Gasteiger partial charge in [-0.3, -0.25) is 9.78 Å². The monoisotopic (exact) mass is 284 g/mol. The molecule has 5 nitrogen and oxygen atoms in total. The molecule has 104 valence electrons. The minimum Gasteiger partial charge on any atom is -0.489 e. The lowest BCUT2D eigenvalue weighted by atomic mass is 10.1. The second-order valence-electron chi connectivity index (χ2n) is 4.44. The van der Waals surface area contributed by atoms with E-state index in [2.05, 4.69) is 4.98 Å². The number of methoxy groups -OCH3 is 1. The molecule has 1 amide bonds. The van der Waals surface area contributed by atoms with Crippen LogP contribution in [0.25, 0.3) is 0 Å². The van der Waals surface area contributed by atoms with Crippen LogP contribution in [0.15, 0.2) is 18.5 Å². The van der Waals surface area contributed by atoms with Crippen molar-refractivity contribution in [2.24, 2.45) is 0 Å². The number of pyridine rings is 1. The zero-order chi connectivity index (χ0) is 13.7. The van der Waals surface area contributed by atoms with Crippen molar-refractivity contribution in [2.75, 3.05) is 26.8 Å². The van der Waals surface area contributed by atoms with Gasteiger partial charge >= 0.3 is 0 Å². The van der Waals surface area contributed by atoms with Gasteiger partial charge in [-0.1, -0.05) is 11.6 Å². The summed E-state index contributed by atoms with van der Waals surface area (Å²) in [6.07, 6.45) is 4.90. The Morgan fingerprint density at radius 1 is 1.53 bits per heavy atom. The summed E-state index contributed by atoms with van der Waals surface area (Å²) in [6, 6.07) is 1.75. The van der Waals surface area contributed by atoms with Crippen molar-refractivity contribution in [3.63, 3.8) is 0 Å². The fraction of sp³-hybridized carbons (Fsp3) is 0.538. The van der Waals surface area contributed by atoms with E-state index in [-0.39, 0.29) is 18.6 Å². The Balaban J connectivity index is 1.84. The highest BCUT2D eigenvalue weighted by Crippen LogP contribution is 2.25. The molecule has 0 aromatic carbocycles. The molecule has 0 unspecified atom stereocenters. The Morgan fingerprint density at radius 3 is 2.89 bits per heavy atom. The van der Waals surface area contributed by atoms with E-state index in [1.54, 1.807) is 23.4 Å². The van der Waals surface area contributed by atoms with Crippen LogP contribution in [0.4, 0.5) is 0 Å². The molecule has 0 N–H and O–H groups in total. The first kappa shape index (κ1) is 14.1. The highest BCUT2D eigenvalue weighted by atomic mass is 35.5. The van der Waals surface area contributed by atoms with Gasteiger partial charge in [0.15, 0.2) is 0 Å². The third kappa shape index (κ3) is 3.81. The van der Waals surface area contributed by atoms with Crippen molar-refractivity contribution >= 4 is 17.5 Å². The summed E-state index contributed by atoms with van der Waals surface area (Å²) in [7, 11) is 1.53. The summed E-state index contributed by atoms with van der Waals surface area (Å²) in [5.41, 5.74) is 0. The smallest absolute Gasteiger partial charge is 0.248 e. The molecule has 1 aromatic heterocycles. The highest BCUT2D eigenvalue weighted by Gasteiger charge is 2.24. The zero-order valence-corrected chi connectivity index (χ0v) is 11.6. The van der Waals surface area contributed by atoms with E-state index in [9.17, 15) is 4.79 Å². The Bertz CT molecular complexity index is 434. The lowest BCUT2D eigenvalue weighted by Gasteiger charge is -2.32. The van der Waals surface area contributed by atoms with Crippen molar-refractivity contribution in [3.05, 3.63) is 23.5 Å². The van der Waals surface area contributed by atoms with Gasteiger partial charge in [-0.25, -0.2) is 0 Å². The number of ether oxygens (including phenoxy) is 2. The third-order valence-electron chi connectivity index (χ3n) is 3.09. The molecule has 0 radical (unpaired) electrons. The topological polar surface area (TPSA) is 51.7 Å². The summed E-state index contributed by atoms with van der Waals surface area (Å²) in [4.78, 5) is 17.4. The maximum absolute atomic E-state index is 11.6. The first-order valence-corrected chi connectivity index (χ1v) is 6.61. The molecule has 2 heterocycles. The molecular weight excluding hydrogens is 268 g/mol. The van der Waals surface area contributed by atoms with E-state index in [0.29, 0.717) is 23.9 Å². The van der Waals surface area contributed by atoms with Gasteiger partial charge in [0.2, 0.25) is 5.91 Å². The van der Waals surface area contributed by atoms with Gasteiger partial charge in [-0.15, -0.1) is 0 Å². The number of aromatic nitrogens is 1. The van der Waals surface area contributed by atoms with Gasteiger partial charge in [0.25, 0.3) is 0 Å². The second kappa shape index (κ2) is 6.73. The molecule has 1 fully saturated rings. The highest BCUT2D eigenvalue weighted by molar-refractivity contribution is 6.31. The van der Waals surface area contributed by atoms with Gasteiger partial charge in [-0.2, -0.15) is 0 Å². The average Bonchev–Trinajstić information content (AvgIpc) is 2.42.